The summed E-state index contributed by atoms with van der Waals surface area (Å²) in [4.78, 5) is 9.54. The Morgan fingerprint density at radius 3 is 2.50 bits per heavy atom. The lowest BCUT2D eigenvalue weighted by Crippen LogP contribution is -1.97. The smallest absolute Gasteiger partial charge is 0.258 e. The standard InChI is InChI=1S/C7H3ClF2INO2/c8-5-2-3(11)1-4(7(9)10)6(5)12(13)14/h1-2,7H. The Kier molecular flexibility index (Phi) is 3.59. The number of nitro benzene ring substituents is 1. The Hall–Kier alpha value is -0.500. The number of rotatable bonds is 2. The van der Waals surface area contributed by atoms with E-state index in [2.05, 4.69) is 0 Å². The van der Waals surface area contributed by atoms with Gasteiger partial charge in [-0.1, -0.05) is 11.6 Å². The van der Waals surface area contributed by atoms with Crippen molar-refractivity contribution in [1.82, 2.24) is 0 Å². The second-order valence-electron chi connectivity index (χ2n) is 2.38. The van der Waals surface area contributed by atoms with Crippen molar-refractivity contribution < 1.29 is 13.7 Å². The summed E-state index contributed by atoms with van der Waals surface area (Å²) in [5.74, 6) is 0. The summed E-state index contributed by atoms with van der Waals surface area (Å²) in [5.41, 5.74) is -1.37. The SMILES string of the molecule is O=[N+]([O-])c1c(Cl)cc(I)cc1C(F)F. The molecule has 76 valence electrons. The first-order valence-corrected chi connectivity index (χ1v) is 4.80. The lowest BCUT2D eigenvalue weighted by atomic mass is 10.2. The quantitative estimate of drug-likeness (QED) is 0.469. The van der Waals surface area contributed by atoms with Gasteiger partial charge in [-0.15, -0.1) is 0 Å². The largest absolute Gasteiger partial charge is 0.296 e. The molecule has 0 aromatic heterocycles. The first-order valence-electron chi connectivity index (χ1n) is 3.35. The molecule has 0 amide bonds. The Morgan fingerprint density at radius 1 is 1.50 bits per heavy atom. The van der Waals surface area contributed by atoms with Crippen LogP contribution >= 0.6 is 34.2 Å². The van der Waals surface area contributed by atoms with Gasteiger partial charge in [-0.25, -0.2) is 8.78 Å². The molecule has 1 aromatic rings. The van der Waals surface area contributed by atoms with Gasteiger partial charge in [0.15, 0.2) is 0 Å². The summed E-state index contributed by atoms with van der Waals surface area (Å²) in [6.45, 7) is 0. The van der Waals surface area contributed by atoms with E-state index in [0.29, 0.717) is 3.57 Å². The van der Waals surface area contributed by atoms with Crippen LogP contribution in [-0.4, -0.2) is 4.92 Å². The Balaban J connectivity index is 3.44. The van der Waals surface area contributed by atoms with Gasteiger partial charge in [0.25, 0.3) is 12.1 Å². The third-order valence-electron chi connectivity index (χ3n) is 1.48. The molecule has 0 fully saturated rings. The summed E-state index contributed by atoms with van der Waals surface area (Å²) in [5, 5.41) is 10.2. The molecule has 0 aliphatic rings. The van der Waals surface area contributed by atoms with E-state index < -0.39 is 22.6 Å². The topological polar surface area (TPSA) is 43.1 Å². The van der Waals surface area contributed by atoms with E-state index in [1.165, 1.54) is 6.07 Å². The number of hydrogen-bond donors (Lipinski definition) is 0. The van der Waals surface area contributed by atoms with E-state index in [0.717, 1.165) is 6.07 Å². The number of hydrogen-bond acceptors (Lipinski definition) is 2. The van der Waals surface area contributed by atoms with Crippen LogP contribution in [0.3, 0.4) is 0 Å². The first kappa shape index (κ1) is 11.6. The fraction of sp³-hybridized carbons (Fsp3) is 0.143. The molecule has 0 saturated heterocycles. The highest BCUT2D eigenvalue weighted by Crippen LogP contribution is 2.36. The highest BCUT2D eigenvalue weighted by molar-refractivity contribution is 14.1. The van der Waals surface area contributed by atoms with E-state index in [9.17, 15) is 18.9 Å². The zero-order chi connectivity index (χ0) is 10.9. The van der Waals surface area contributed by atoms with Gasteiger partial charge < -0.3 is 0 Å². The third kappa shape index (κ3) is 2.30. The van der Waals surface area contributed by atoms with Crippen molar-refractivity contribution in [2.24, 2.45) is 0 Å². The number of alkyl halides is 2. The average molecular weight is 333 g/mol. The van der Waals surface area contributed by atoms with Gasteiger partial charge in [0.05, 0.1) is 10.5 Å². The van der Waals surface area contributed by atoms with Crippen molar-refractivity contribution in [1.29, 1.82) is 0 Å². The molecule has 3 nitrogen and oxygen atoms in total. The van der Waals surface area contributed by atoms with Crippen LogP contribution in [0.25, 0.3) is 0 Å². The second-order valence-corrected chi connectivity index (χ2v) is 4.04. The summed E-state index contributed by atoms with van der Waals surface area (Å²) in [6.07, 6.45) is -2.90. The monoisotopic (exact) mass is 333 g/mol. The molecule has 1 aromatic carbocycles. The van der Waals surface area contributed by atoms with Crippen molar-refractivity contribution in [3.8, 4) is 0 Å². The molecule has 1 rings (SSSR count). The van der Waals surface area contributed by atoms with Gasteiger partial charge in [0.1, 0.15) is 5.02 Å². The number of halogens is 4. The molecule has 0 aliphatic carbocycles. The Labute approximate surface area is 96.3 Å². The van der Waals surface area contributed by atoms with Gasteiger partial charge in [-0.3, -0.25) is 10.1 Å². The minimum Gasteiger partial charge on any atom is -0.258 e. The Morgan fingerprint density at radius 2 is 2.07 bits per heavy atom. The molecule has 0 saturated carbocycles. The summed E-state index contributed by atoms with van der Waals surface area (Å²) in [6, 6.07) is 2.32. The van der Waals surface area contributed by atoms with E-state index >= 15 is 0 Å². The zero-order valence-electron chi connectivity index (χ0n) is 6.51. The van der Waals surface area contributed by atoms with Crippen LogP contribution in [0.2, 0.25) is 5.02 Å². The van der Waals surface area contributed by atoms with Crippen molar-refractivity contribution in [2.45, 2.75) is 6.43 Å². The molecular formula is C7H3ClF2INO2. The van der Waals surface area contributed by atoms with Crippen LogP contribution in [0, 0.1) is 13.7 Å². The van der Waals surface area contributed by atoms with E-state index in [1.54, 1.807) is 22.6 Å². The third-order valence-corrected chi connectivity index (χ3v) is 2.39. The molecule has 0 spiro atoms. The van der Waals surface area contributed by atoms with Crippen LogP contribution in [0.5, 0.6) is 0 Å². The van der Waals surface area contributed by atoms with Gasteiger partial charge in [-0.2, -0.15) is 0 Å². The molecule has 0 heterocycles. The van der Waals surface area contributed by atoms with Crippen LogP contribution in [-0.2, 0) is 0 Å². The summed E-state index contributed by atoms with van der Waals surface area (Å²) in [7, 11) is 0. The van der Waals surface area contributed by atoms with Gasteiger partial charge >= 0.3 is 0 Å². The lowest BCUT2D eigenvalue weighted by Gasteiger charge is -2.03. The zero-order valence-corrected chi connectivity index (χ0v) is 9.42. The maximum absolute atomic E-state index is 12.4. The first-order chi connectivity index (χ1) is 6.43. The molecule has 7 heteroatoms. The molecule has 0 N–H and O–H groups in total. The van der Waals surface area contributed by atoms with Crippen LogP contribution < -0.4 is 0 Å². The predicted octanol–water partition coefficient (Wildman–Crippen LogP) is 3.79. The number of nitro groups is 1. The minimum atomic E-state index is -2.90. The van der Waals surface area contributed by atoms with Gasteiger partial charge in [-0.05, 0) is 34.7 Å². The van der Waals surface area contributed by atoms with Crippen molar-refractivity contribution in [3.63, 3.8) is 0 Å². The van der Waals surface area contributed by atoms with E-state index in [4.69, 9.17) is 11.6 Å². The maximum atomic E-state index is 12.4. The van der Waals surface area contributed by atoms with Crippen LogP contribution in [0.4, 0.5) is 14.5 Å². The fourth-order valence-corrected chi connectivity index (χ4v) is 2.07. The average Bonchev–Trinajstić information content (AvgIpc) is 2.01. The maximum Gasteiger partial charge on any atom is 0.296 e. The fourth-order valence-electron chi connectivity index (χ4n) is 0.945. The predicted molar refractivity (Wildman–Crippen MR) is 55.8 cm³/mol. The lowest BCUT2D eigenvalue weighted by molar-refractivity contribution is -0.386. The summed E-state index contributed by atoms with van der Waals surface area (Å²) < 4.78 is 25.2. The number of benzene rings is 1. The molecule has 0 bridgehead atoms. The minimum absolute atomic E-state index is 0.266. The molecular weight excluding hydrogens is 330 g/mol. The van der Waals surface area contributed by atoms with E-state index in [-0.39, 0.29) is 5.02 Å². The van der Waals surface area contributed by atoms with Crippen LogP contribution in [0.1, 0.15) is 12.0 Å². The van der Waals surface area contributed by atoms with Crippen LogP contribution in [0.15, 0.2) is 12.1 Å². The molecule has 0 aliphatic heterocycles. The van der Waals surface area contributed by atoms with Crippen molar-refractivity contribution in [3.05, 3.63) is 36.4 Å². The van der Waals surface area contributed by atoms with Crippen molar-refractivity contribution in [2.75, 3.05) is 0 Å². The molecule has 14 heavy (non-hydrogen) atoms. The normalized spacial score (nSPS) is 10.6. The highest BCUT2D eigenvalue weighted by Gasteiger charge is 2.25. The molecule has 0 atom stereocenters. The molecule has 0 unspecified atom stereocenters. The summed E-state index contributed by atoms with van der Waals surface area (Å²) >= 11 is 7.26. The van der Waals surface area contributed by atoms with E-state index in [1.807, 2.05) is 0 Å². The highest BCUT2D eigenvalue weighted by atomic mass is 127. The Bertz CT molecular complexity index is 386. The molecule has 0 radical (unpaired) electrons. The second kappa shape index (κ2) is 4.35. The van der Waals surface area contributed by atoms with Gasteiger partial charge in [0, 0.05) is 3.57 Å². The van der Waals surface area contributed by atoms with Gasteiger partial charge in [0.2, 0.25) is 0 Å². The van der Waals surface area contributed by atoms with Crippen molar-refractivity contribution >= 4 is 39.9 Å². The number of nitrogens with zero attached hydrogens (tertiary/aromatic N) is 1.